The van der Waals surface area contributed by atoms with Crippen LogP contribution in [0, 0.1) is 0 Å². The maximum atomic E-state index is 11.6. The summed E-state index contributed by atoms with van der Waals surface area (Å²) in [5.74, 6) is 0.182. The van der Waals surface area contributed by atoms with Gasteiger partial charge in [0.15, 0.2) is 9.84 Å². The molecule has 6 heteroatoms. The van der Waals surface area contributed by atoms with Gasteiger partial charge in [0.25, 0.3) is 0 Å². The van der Waals surface area contributed by atoms with E-state index in [9.17, 15) is 8.42 Å². The molecule has 0 aliphatic carbocycles. The summed E-state index contributed by atoms with van der Waals surface area (Å²) in [6.45, 7) is 8.02. The van der Waals surface area contributed by atoms with Crippen LogP contribution in [0.2, 0.25) is 0 Å². The molecule has 0 bridgehead atoms. The van der Waals surface area contributed by atoms with Crippen molar-refractivity contribution in [3.8, 4) is 0 Å². The number of aryl methyl sites for hydroxylation is 1. The number of nitrogens with one attached hydrogen (secondary N) is 1. The minimum Gasteiger partial charge on any atom is -0.307 e. The first kappa shape index (κ1) is 15.6. The highest BCUT2D eigenvalue weighted by atomic mass is 32.2. The van der Waals surface area contributed by atoms with E-state index in [0.29, 0.717) is 6.54 Å². The van der Waals surface area contributed by atoms with E-state index in [4.69, 9.17) is 0 Å². The van der Waals surface area contributed by atoms with Crippen molar-refractivity contribution in [1.82, 2.24) is 10.3 Å². The molecule has 1 N–H and O–H groups in total. The van der Waals surface area contributed by atoms with Gasteiger partial charge in [-0.2, -0.15) is 0 Å². The van der Waals surface area contributed by atoms with Crippen LogP contribution in [0.15, 0.2) is 6.20 Å². The van der Waals surface area contributed by atoms with Crippen LogP contribution in [0.5, 0.6) is 0 Å². The monoisotopic (exact) mass is 290 g/mol. The normalized spacial score (nSPS) is 14.1. The third-order valence-corrected chi connectivity index (χ3v) is 6.38. The van der Waals surface area contributed by atoms with E-state index in [1.807, 2.05) is 13.1 Å². The second-order valence-corrected chi connectivity index (χ2v) is 8.43. The molecule has 1 rings (SSSR count). The van der Waals surface area contributed by atoms with Crippen LogP contribution >= 0.6 is 11.3 Å². The van der Waals surface area contributed by atoms with Gasteiger partial charge in [0.05, 0.1) is 17.0 Å². The Labute approximate surface area is 114 Å². The van der Waals surface area contributed by atoms with Gasteiger partial charge < -0.3 is 5.32 Å². The smallest absolute Gasteiger partial charge is 0.153 e. The Balaban J connectivity index is 2.44. The van der Waals surface area contributed by atoms with E-state index in [-0.39, 0.29) is 17.0 Å². The molecule has 1 heterocycles. The molecule has 0 spiro atoms. The van der Waals surface area contributed by atoms with Crippen molar-refractivity contribution in [3.05, 3.63) is 16.1 Å². The summed E-state index contributed by atoms with van der Waals surface area (Å²) < 4.78 is 23.3. The Kier molecular flexibility index (Phi) is 5.75. The van der Waals surface area contributed by atoms with Gasteiger partial charge in [0.2, 0.25) is 0 Å². The molecule has 0 radical (unpaired) electrons. The van der Waals surface area contributed by atoms with Crippen LogP contribution in [0.1, 0.15) is 43.6 Å². The van der Waals surface area contributed by atoms with E-state index < -0.39 is 9.84 Å². The number of hydrogen-bond acceptors (Lipinski definition) is 5. The molecular formula is C12H22N2O2S2. The summed E-state index contributed by atoms with van der Waals surface area (Å²) >= 11 is 1.68. The average molecular weight is 290 g/mol. The molecule has 18 heavy (non-hydrogen) atoms. The summed E-state index contributed by atoms with van der Waals surface area (Å²) in [6, 6.07) is 0.109. The SMILES string of the molecule is CCc1cnc(C(C)NCCS(=O)(=O)C(C)C)s1. The van der Waals surface area contributed by atoms with Gasteiger partial charge in [-0.3, -0.25) is 0 Å². The molecular weight excluding hydrogens is 268 g/mol. The van der Waals surface area contributed by atoms with Crippen molar-refractivity contribution in [3.63, 3.8) is 0 Å². The molecule has 0 aliphatic rings. The number of sulfone groups is 1. The van der Waals surface area contributed by atoms with Gasteiger partial charge in [0.1, 0.15) is 5.01 Å². The fourth-order valence-electron chi connectivity index (χ4n) is 1.43. The molecule has 1 atom stereocenters. The predicted octanol–water partition coefficient (Wildman–Crippen LogP) is 2.18. The molecule has 1 aromatic heterocycles. The van der Waals surface area contributed by atoms with Crippen molar-refractivity contribution in [2.75, 3.05) is 12.3 Å². The molecule has 0 amide bonds. The van der Waals surface area contributed by atoms with Crippen molar-refractivity contribution in [1.29, 1.82) is 0 Å². The van der Waals surface area contributed by atoms with Crippen LogP contribution in [0.25, 0.3) is 0 Å². The average Bonchev–Trinajstić information content (AvgIpc) is 2.76. The quantitative estimate of drug-likeness (QED) is 0.836. The van der Waals surface area contributed by atoms with Crippen molar-refractivity contribution >= 4 is 21.2 Å². The Morgan fingerprint density at radius 2 is 2.06 bits per heavy atom. The van der Waals surface area contributed by atoms with E-state index in [1.165, 1.54) is 4.88 Å². The third kappa shape index (κ3) is 4.33. The summed E-state index contributed by atoms with van der Waals surface area (Å²) in [5.41, 5.74) is 0. The highest BCUT2D eigenvalue weighted by Gasteiger charge is 2.16. The second kappa shape index (κ2) is 6.63. The van der Waals surface area contributed by atoms with E-state index >= 15 is 0 Å². The second-order valence-electron chi connectivity index (χ2n) is 4.61. The first-order valence-corrected chi connectivity index (χ1v) is 8.79. The number of thiazole rings is 1. The van der Waals surface area contributed by atoms with E-state index in [1.54, 1.807) is 25.2 Å². The van der Waals surface area contributed by atoms with E-state index in [2.05, 4.69) is 17.2 Å². The zero-order chi connectivity index (χ0) is 13.8. The molecule has 0 fully saturated rings. The zero-order valence-electron chi connectivity index (χ0n) is 11.4. The van der Waals surface area contributed by atoms with Crippen LogP contribution in [-0.4, -0.2) is 30.9 Å². The zero-order valence-corrected chi connectivity index (χ0v) is 13.1. The lowest BCUT2D eigenvalue weighted by Gasteiger charge is -2.12. The van der Waals surface area contributed by atoms with Crippen LogP contribution < -0.4 is 5.32 Å². The van der Waals surface area contributed by atoms with Crippen molar-refractivity contribution in [2.45, 2.75) is 45.4 Å². The fourth-order valence-corrected chi connectivity index (χ4v) is 3.18. The first-order chi connectivity index (χ1) is 8.36. The lowest BCUT2D eigenvalue weighted by atomic mass is 10.3. The maximum absolute atomic E-state index is 11.6. The Morgan fingerprint density at radius 1 is 1.39 bits per heavy atom. The van der Waals surface area contributed by atoms with Gasteiger partial charge >= 0.3 is 0 Å². The molecule has 1 aromatic rings. The molecule has 0 aliphatic heterocycles. The minimum atomic E-state index is -2.96. The Hall–Kier alpha value is -0.460. The van der Waals surface area contributed by atoms with Gasteiger partial charge in [-0.15, -0.1) is 11.3 Å². The summed E-state index contributed by atoms with van der Waals surface area (Å²) in [6.07, 6.45) is 2.88. The van der Waals surface area contributed by atoms with Gasteiger partial charge in [-0.05, 0) is 27.2 Å². The topological polar surface area (TPSA) is 59.1 Å². The highest BCUT2D eigenvalue weighted by Crippen LogP contribution is 2.19. The minimum absolute atomic E-state index is 0.109. The van der Waals surface area contributed by atoms with Crippen LogP contribution in [-0.2, 0) is 16.3 Å². The number of rotatable bonds is 7. The largest absolute Gasteiger partial charge is 0.307 e. The Bertz CT molecular complexity index is 466. The maximum Gasteiger partial charge on any atom is 0.153 e. The van der Waals surface area contributed by atoms with Crippen LogP contribution in [0.4, 0.5) is 0 Å². The predicted molar refractivity (Wildman–Crippen MR) is 76.8 cm³/mol. The highest BCUT2D eigenvalue weighted by molar-refractivity contribution is 7.92. The van der Waals surface area contributed by atoms with Crippen molar-refractivity contribution < 1.29 is 8.42 Å². The molecule has 104 valence electrons. The van der Waals surface area contributed by atoms with Gasteiger partial charge in [-0.25, -0.2) is 13.4 Å². The van der Waals surface area contributed by atoms with Crippen molar-refractivity contribution in [2.24, 2.45) is 0 Å². The molecule has 0 saturated heterocycles. The summed E-state index contributed by atoms with van der Waals surface area (Å²) in [4.78, 5) is 5.60. The molecule has 0 aromatic carbocycles. The number of hydrogen-bond donors (Lipinski definition) is 1. The van der Waals surface area contributed by atoms with Gasteiger partial charge in [0, 0.05) is 17.6 Å². The lowest BCUT2D eigenvalue weighted by molar-refractivity contribution is 0.565. The molecule has 1 unspecified atom stereocenters. The Morgan fingerprint density at radius 3 is 2.56 bits per heavy atom. The lowest BCUT2D eigenvalue weighted by Crippen LogP contribution is -2.28. The van der Waals surface area contributed by atoms with Gasteiger partial charge in [-0.1, -0.05) is 6.92 Å². The molecule has 4 nitrogen and oxygen atoms in total. The number of nitrogens with zero attached hydrogens (tertiary/aromatic N) is 1. The first-order valence-electron chi connectivity index (χ1n) is 6.26. The fraction of sp³-hybridized carbons (Fsp3) is 0.750. The third-order valence-electron chi connectivity index (χ3n) is 2.85. The number of aromatic nitrogens is 1. The van der Waals surface area contributed by atoms with Crippen LogP contribution in [0.3, 0.4) is 0 Å². The molecule has 0 saturated carbocycles. The summed E-state index contributed by atoms with van der Waals surface area (Å²) in [5, 5.41) is 3.93. The summed E-state index contributed by atoms with van der Waals surface area (Å²) in [7, 11) is -2.96. The van der Waals surface area contributed by atoms with E-state index in [0.717, 1.165) is 11.4 Å². The standard InChI is InChI=1S/C12H22N2O2S2/c1-5-11-8-14-12(17-11)10(4)13-6-7-18(15,16)9(2)3/h8-10,13H,5-7H2,1-4H3.